The summed E-state index contributed by atoms with van der Waals surface area (Å²) >= 11 is 0. The lowest BCUT2D eigenvalue weighted by Crippen LogP contribution is -2.30. The molecule has 0 aromatic heterocycles. The Morgan fingerprint density at radius 1 is 0.969 bits per heavy atom. The Morgan fingerprint density at radius 3 is 2.53 bits per heavy atom. The quantitative estimate of drug-likeness (QED) is 0.292. The average Bonchev–Trinajstić information content (AvgIpc) is 2.80. The second-order valence-corrected chi connectivity index (χ2v) is 9.87. The zero-order chi connectivity index (χ0) is 22.7. The molecule has 32 heavy (non-hydrogen) atoms. The molecule has 2 aliphatic carbocycles. The third-order valence-electron chi connectivity index (χ3n) is 7.85. The number of unbranched alkanes of at least 4 members (excludes halogenated alkanes) is 2. The van der Waals surface area contributed by atoms with Gasteiger partial charge in [0.15, 0.2) is 11.6 Å². The minimum absolute atomic E-state index is 0.0620. The van der Waals surface area contributed by atoms with Gasteiger partial charge in [0.25, 0.3) is 0 Å². The number of hydrogen-bond acceptors (Lipinski definition) is 1. The molecule has 2 saturated carbocycles. The van der Waals surface area contributed by atoms with Crippen molar-refractivity contribution in [1.82, 2.24) is 0 Å². The first kappa shape index (κ1) is 23.2. The first-order valence-electron chi connectivity index (χ1n) is 12.4. The van der Waals surface area contributed by atoms with E-state index in [1.807, 2.05) is 0 Å². The normalized spacial score (nSPS) is 25.5. The average molecular weight is 445 g/mol. The molecule has 0 N–H and O–H groups in total. The van der Waals surface area contributed by atoms with Gasteiger partial charge in [0, 0.05) is 0 Å². The van der Waals surface area contributed by atoms with E-state index in [9.17, 15) is 8.78 Å². The summed E-state index contributed by atoms with van der Waals surface area (Å²) in [5.74, 6) is -0.814. The molecule has 0 heterocycles. The molecule has 2 aromatic rings. The van der Waals surface area contributed by atoms with Crippen LogP contribution in [0.2, 0.25) is 0 Å². The van der Waals surface area contributed by atoms with Crippen LogP contribution in [0.15, 0.2) is 30.9 Å². The van der Waals surface area contributed by atoms with Crippen LogP contribution in [0.25, 0.3) is 10.8 Å². The maximum atomic E-state index is 15.5. The highest BCUT2D eigenvalue weighted by Gasteiger charge is 2.37. The zero-order valence-electron chi connectivity index (χ0n) is 19.1. The van der Waals surface area contributed by atoms with Crippen LogP contribution < -0.4 is 4.74 Å². The lowest BCUT2D eigenvalue weighted by molar-refractivity contribution is 0.112. The number of benzene rings is 2. The van der Waals surface area contributed by atoms with Gasteiger partial charge in [-0.3, -0.25) is 0 Å². The first-order chi connectivity index (χ1) is 15.5. The van der Waals surface area contributed by atoms with Crippen molar-refractivity contribution in [2.45, 2.75) is 77.0 Å². The topological polar surface area (TPSA) is 9.23 Å². The Bertz CT molecular complexity index is 954. The van der Waals surface area contributed by atoms with Crippen LogP contribution in [0.1, 0.15) is 82.6 Å². The van der Waals surface area contributed by atoms with E-state index >= 15 is 4.39 Å². The van der Waals surface area contributed by atoms with E-state index in [1.165, 1.54) is 57.1 Å². The van der Waals surface area contributed by atoms with E-state index in [-0.39, 0.29) is 23.7 Å². The van der Waals surface area contributed by atoms with Gasteiger partial charge in [-0.05, 0) is 72.8 Å². The number of rotatable bonds is 8. The Morgan fingerprint density at radius 2 is 1.75 bits per heavy atom. The minimum Gasteiger partial charge on any atom is -0.486 e. The number of halogens is 3. The van der Waals surface area contributed by atoms with Crippen LogP contribution in [0.5, 0.6) is 5.75 Å². The molecule has 0 saturated heterocycles. The van der Waals surface area contributed by atoms with Gasteiger partial charge in [-0.15, -0.1) is 0 Å². The molecule has 0 aliphatic heterocycles. The molecule has 0 radical (unpaired) electrons. The van der Waals surface area contributed by atoms with E-state index in [0.717, 1.165) is 31.1 Å². The second-order valence-electron chi connectivity index (χ2n) is 9.87. The Balaban J connectivity index is 1.51. The fraction of sp³-hybridized carbons (Fsp3) is 0.571. The van der Waals surface area contributed by atoms with Crippen molar-refractivity contribution < 1.29 is 17.9 Å². The predicted molar refractivity (Wildman–Crippen MR) is 125 cm³/mol. The van der Waals surface area contributed by atoms with Gasteiger partial charge in [-0.1, -0.05) is 63.8 Å². The molecule has 0 spiro atoms. The van der Waals surface area contributed by atoms with Crippen molar-refractivity contribution in [2.75, 3.05) is 6.61 Å². The standard InChI is InChI=1S/C28H35F3O/c1-3-5-6-7-18-8-9-20-16-21(11-10-19(20)15-18)23-13-12-22-17-24(32-14-4-2)27(30)28(31)25(22)26(23)29/h4,12-13,17-21H,2-3,5-11,14-16H2,1H3. The van der Waals surface area contributed by atoms with Gasteiger partial charge in [-0.25, -0.2) is 8.78 Å². The summed E-state index contributed by atoms with van der Waals surface area (Å²) in [4.78, 5) is 0. The maximum Gasteiger partial charge on any atom is 0.201 e. The molecular weight excluding hydrogens is 409 g/mol. The highest BCUT2D eigenvalue weighted by atomic mass is 19.2. The van der Waals surface area contributed by atoms with Crippen LogP contribution in [0, 0.1) is 35.2 Å². The predicted octanol–water partition coefficient (Wildman–Crippen LogP) is 8.70. The van der Waals surface area contributed by atoms with Gasteiger partial charge in [0.05, 0.1) is 5.39 Å². The van der Waals surface area contributed by atoms with Crippen molar-refractivity contribution >= 4 is 10.8 Å². The molecule has 174 valence electrons. The summed E-state index contributed by atoms with van der Waals surface area (Å²) in [6, 6.07) is 4.85. The van der Waals surface area contributed by atoms with Gasteiger partial charge in [-0.2, -0.15) is 4.39 Å². The summed E-state index contributed by atoms with van der Waals surface area (Å²) in [7, 11) is 0. The molecular formula is C28H35F3O. The van der Waals surface area contributed by atoms with E-state index in [4.69, 9.17) is 4.74 Å². The first-order valence-corrected chi connectivity index (χ1v) is 12.4. The second kappa shape index (κ2) is 10.3. The van der Waals surface area contributed by atoms with Crippen LogP contribution in [-0.2, 0) is 0 Å². The largest absolute Gasteiger partial charge is 0.486 e. The summed E-state index contributed by atoms with van der Waals surface area (Å²) in [6.07, 6.45) is 13.6. The molecule has 0 bridgehead atoms. The monoisotopic (exact) mass is 444 g/mol. The van der Waals surface area contributed by atoms with Crippen molar-refractivity contribution in [1.29, 1.82) is 0 Å². The van der Waals surface area contributed by atoms with E-state index < -0.39 is 17.5 Å². The Hall–Kier alpha value is -1.97. The van der Waals surface area contributed by atoms with E-state index in [2.05, 4.69) is 13.5 Å². The SMILES string of the molecule is C=CCOc1cc2ccc(C3CCC4CC(CCCCC)CCC4C3)c(F)c2c(F)c1F. The molecule has 4 rings (SSSR count). The molecule has 4 unspecified atom stereocenters. The number of fused-ring (bicyclic) bond motifs is 2. The third kappa shape index (κ3) is 4.70. The van der Waals surface area contributed by atoms with E-state index in [1.54, 1.807) is 12.1 Å². The molecule has 4 heteroatoms. The Kier molecular flexibility index (Phi) is 7.48. The van der Waals surface area contributed by atoms with Crippen molar-refractivity contribution in [3.8, 4) is 5.75 Å². The zero-order valence-corrected chi connectivity index (χ0v) is 19.1. The molecule has 2 aromatic carbocycles. The van der Waals surface area contributed by atoms with Gasteiger partial charge in [0.1, 0.15) is 12.4 Å². The highest BCUT2D eigenvalue weighted by molar-refractivity contribution is 5.86. The summed E-state index contributed by atoms with van der Waals surface area (Å²) in [5.41, 5.74) is 0.541. The Labute approximate surface area is 190 Å². The highest BCUT2D eigenvalue weighted by Crippen LogP contribution is 2.49. The lowest BCUT2D eigenvalue weighted by atomic mass is 9.63. The van der Waals surface area contributed by atoms with Crippen LogP contribution >= 0.6 is 0 Å². The minimum atomic E-state index is -1.16. The molecule has 0 amide bonds. The number of ether oxygens (including phenoxy) is 1. The van der Waals surface area contributed by atoms with Gasteiger partial charge < -0.3 is 4.74 Å². The van der Waals surface area contributed by atoms with Crippen molar-refractivity contribution in [2.24, 2.45) is 17.8 Å². The van der Waals surface area contributed by atoms with Crippen LogP contribution in [0.3, 0.4) is 0 Å². The fourth-order valence-corrected chi connectivity index (χ4v) is 6.16. The summed E-state index contributed by atoms with van der Waals surface area (Å²) < 4.78 is 50.0. The number of hydrogen-bond donors (Lipinski definition) is 0. The fourth-order valence-electron chi connectivity index (χ4n) is 6.16. The van der Waals surface area contributed by atoms with Gasteiger partial charge >= 0.3 is 0 Å². The van der Waals surface area contributed by atoms with Crippen LogP contribution in [0.4, 0.5) is 13.2 Å². The summed E-state index contributed by atoms with van der Waals surface area (Å²) in [5, 5.41) is 0.0678. The smallest absolute Gasteiger partial charge is 0.201 e. The molecule has 2 aliphatic rings. The molecule has 4 atom stereocenters. The van der Waals surface area contributed by atoms with Crippen molar-refractivity contribution in [3.63, 3.8) is 0 Å². The summed E-state index contributed by atoms with van der Waals surface area (Å²) in [6.45, 7) is 5.83. The van der Waals surface area contributed by atoms with Crippen LogP contribution in [-0.4, -0.2) is 6.61 Å². The van der Waals surface area contributed by atoms with Crippen molar-refractivity contribution in [3.05, 3.63) is 53.9 Å². The molecule has 1 nitrogen and oxygen atoms in total. The third-order valence-corrected chi connectivity index (χ3v) is 7.85. The van der Waals surface area contributed by atoms with E-state index in [0.29, 0.717) is 16.9 Å². The molecule has 2 fully saturated rings. The maximum absolute atomic E-state index is 15.5. The lowest BCUT2D eigenvalue weighted by Gasteiger charge is -2.42. The van der Waals surface area contributed by atoms with Gasteiger partial charge in [0.2, 0.25) is 5.82 Å².